The molecule has 0 aliphatic rings. The first-order valence-corrected chi connectivity index (χ1v) is 34.2. The molecule has 0 rings (SSSR count). The first-order valence-electron chi connectivity index (χ1n) is 34.2. The van der Waals surface area contributed by atoms with Crippen LogP contribution in [0.15, 0.2) is 97.2 Å². The van der Waals surface area contributed by atoms with E-state index in [0.717, 1.165) is 122 Å². The van der Waals surface area contributed by atoms with E-state index in [-0.39, 0.29) is 31.1 Å². The zero-order valence-corrected chi connectivity index (χ0v) is 52.8. The van der Waals surface area contributed by atoms with Gasteiger partial charge in [0.15, 0.2) is 6.10 Å². The molecular formula is C74H128O6. The van der Waals surface area contributed by atoms with Crippen molar-refractivity contribution in [1.29, 1.82) is 0 Å². The van der Waals surface area contributed by atoms with Crippen LogP contribution in [0.5, 0.6) is 0 Å². The Bertz CT molecular complexity index is 1560. The summed E-state index contributed by atoms with van der Waals surface area (Å²) in [6, 6.07) is 0. The van der Waals surface area contributed by atoms with Gasteiger partial charge in [0.25, 0.3) is 0 Å². The van der Waals surface area contributed by atoms with Gasteiger partial charge in [0.1, 0.15) is 13.2 Å². The lowest BCUT2D eigenvalue weighted by atomic mass is 10.0. The summed E-state index contributed by atoms with van der Waals surface area (Å²) in [6.45, 7) is 6.54. The number of allylic oxidation sites excluding steroid dienone is 16. The lowest BCUT2D eigenvalue weighted by Gasteiger charge is -2.18. The van der Waals surface area contributed by atoms with Crippen molar-refractivity contribution in [3.63, 3.8) is 0 Å². The van der Waals surface area contributed by atoms with Crippen molar-refractivity contribution in [1.82, 2.24) is 0 Å². The summed E-state index contributed by atoms with van der Waals surface area (Å²) in [5, 5.41) is 0. The van der Waals surface area contributed by atoms with Crippen molar-refractivity contribution in [2.24, 2.45) is 0 Å². The highest BCUT2D eigenvalue weighted by Gasteiger charge is 2.19. The van der Waals surface area contributed by atoms with Gasteiger partial charge >= 0.3 is 17.9 Å². The average molecular weight is 1110 g/mol. The minimum absolute atomic E-state index is 0.0841. The second-order valence-electron chi connectivity index (χ2n) is 22.7. The molecule has 6 heteroatoms. The van der Waals surface area contributed by atoms with Crippen LogP contribution in [-0.2, 0) is 28.6 Å². The summed E-state index contributed by atoms with van der Waals surface area (Å²) in [5.74, 6) is -0.892. The van der Waals surface area contributed by atoms with Crippen molar-refractivity contribution in [2.45, 2.75) is 341 Å². The summed E-state index contributed by atoms with van der Waals surface area (Å²) in [6.07, 6.45) is 91.3. The maximum atomic E-state index is 12.9. The highest BCUT2D eigenvalue weighted by molar-refractivity contribution is 5.71. The Balaban J connectivity index is 4.39. The lowest BCUT2D eigenvalue weighted by Crippen LogP contribution is -2.30. The third-order valence-electron chi connectivity index (χ3n) is 14.8. The van der Waals surface area contributed by atoms with Crippen LogP contribution < -0.4 is 0 Å². The van der Waals surface area contributed by atoms with Crippen LogP contribution in [0.1, 0.15) is 335 Å². The first kappa shape index (κ1) is 76.3. The third kappa shape index (κ3) is 65.1. The zero-order valence-electron chi connectivity index (χ0n) is 52.8. The Hall–Kier alpha value is -3.67. The van der Waals surface area contributed by atoms with Crippen molar-refractivity contribution >= 4 is 17.9 Å². The lowest BCUT2D eigenvalue weighted by molar-refractivity contribution is -0.167. The van der Waals surface area contributed by atoms with E-state index in [0.29, 0.717) is 19.3 Å². The molecule has 0 amide bonds. The number of rotatable bonds is 62. The normalized spacial score (nSPS) is 12.7. The first-order chi connectivity index (χ1) is 39.5. The summed E-state index contributed by atoms with van der Waals surface area (Å²) >= 11 is 0. The molecule has 0 aromatic carbocycles. The van der Waals surface area contributed by atoms with E-state index in [4.69, 9.17) is 14.2 Å². The Morgan fingerprint density at radius 1 is 0.263 bits per heavy atom. The van der Waals surface area contributed by atoms with Gasteiger partial charge < -0.3 is 14.2 Å². The maximum Gasteiger partial charge on any atom is 0.306 e. The number of hydrogen-bond acceptors (Lipinski definition) is 6. The number of unbranched alkanes of at least 4 members (excludes halogenated alkanes) is 35. The average Bonchev–Trinajstić information content (AvgIpc) is 3.46. The van der Waals surface area contributed by atoms with E-state index in [9.17, 15) is 14.4 Å². The summed E-state index contributed by atoms with van der Waals surface area (Å²) < 4.78 is 17.0. The van der Waals surface area contributed by atoms with E-state index in [1.807, 2.05) is 0 Å². The Morgan fingerprint density at radius 3 is 0.762 bits per heavy atom. The minimum atomic E-state index is -0.791. The molecule has 0 N–H and O–H groups in total. The predicted molar refractivity (Wildman–Crippen MR) is 348 cm³/mol. The molecule has 0 aromatic rings. The summed E-state index contributed by atoms with van der Waals surface area (Å²) in [5.41, 5.74) is 0. The van der Waals surface area contributed by atoms with Crippen molar-refractivity contribution in [3.05, 3.63) is 97.2 Å². The monoisotopic (exact) mass is 1110 g/mol. The maximum absolute atomic E-state index is 12.9. The van der Waals surface area contributed by atoms with Crippen LogP contribution in [0.3, 0.4) is 0 Å². The number of esters is 3. The molecule has 0 heterocycles. The summed E-state index contributed by atoms with van der Waals surface area (Å²) in [4.78, 5) is 38.4. The molecular weight excluding hydrogens is 985 g/mol. The van der Waals surface area contributed by atoms with Crippen molar-refractivity contribution in [3.8, 4) is 0 Å². The molecule has 0 aliphatic heterocycles. The highest BCUT2D eigenvalue weighted by atomic mass is 16.6. The molecule has 0 fully saturated rings. The second-order valence-corrected chi connectivity index (χ2v) is 22.7. The molecule has 0 bridgehead atoms. The third-order valence-corrected chi connectivity index (χ3v) is 14.8. The smallest absolute Gasteiger partial charge is 0.306 e. The molecule has 0 aliphatic carbocycles. The number of ether oxygens (including phenoxy) is 3. The fourth-order valence-electron chi connectivity index (χ4n) is 9.71. The number of hydrogen-bond donors (Lipinski definition) is 0. The van der Waals surface area contributed by atoms with Crippen LogP contribution in [0, 0.1) is 0 Å². The van der Waals surface area contributed by atoms with Gasteiger partial charge in [0.05, 0.1) is 0 Å². The van der Waals surface area contributed by atoms with Gasteiger partial charge in [-0.05, 0) is 103 Å². The van der Waals surface area contributed by atoms with Gasteiger partial charge in [-0.25, -0.2) is 0 Å². The van der Waals surface area contributed by atoms with Gasteiger partial charge in [-0.2, -0.15) is 0 Å². The van der Waals surface area contributed by atoms with Crippen molar-refractivity contribution < 1.29 is 28.6 Å². The summed E-state index contributed by atoms with van der Waals surface area (Å²) in [7, 11) is 0. The van der Waals surface area contributed by atoms with E-state index in [1.54, 1.807) is 0 Å². The van der Waals surface area contributed by atoms with E-state index >= 15 is 0 Å². The van der Waals surface area contributed by atoms with Crippen LogP contribution in [0.25, 0.3) is 0 Å². The van der Waals surface area contributed by atoms with Gasteiger partial charge in [-0.15, -0.1) is 0 Å². The van der Waals surface area contributed by atoms with Gasteiger partial charge in [-0.3, -0.25) is 14.4 Å². The molecule has 0 saturated heterocycles. The van der Waals surface area contributed by atoms with E-state index < -0.39 is 6.10 Å². The van der Waals surface area contributed by atoms with Gasteiger partial charge in [-0.1, -0.05) is 311 Å². The van der Waals surface area contributed by atoms with Crippen LogP contribution in [0.2, 0.25) is 0 Å². The van der Waals surface area contributed by atoms with Crippen LogP contribution in [0.4, 0.5) is 0 Å². The molecule has 0 aromatic heterocycles. The minimum Gasteiger partial charge on any atom is -0.462 e. The molecule has 80 heavy (non-hydrogen) atoms. The zero-order chi connectivity index (χ0) is 57.8. The molecule has 6 nitrogen and oxygen atoms in total. The fourth-order valence-corrected chi connectivity index (χ4v) is 9.71. The number of carbonyl (C=O) groups is 3. The molecule has 1 atom stereocenters. The Morgan fingerprint density at radius 2 is 0.487 bits per heavy atom. The standard InChI is InChI=1S/C74H128O6/c1-4-7-10-13-16-19-22-25-28-31-33-35-36-37-38-40-41-43-46-49-52-55-58-61-64-67-73(76)79-70-71(69-78-72(75)66-63-60-57-54-51-48-45-30-27-24-21-18-15-12-9-6-3)80-74(77)68-65-62-59-56-53-50-47-44-42-39-34-32-29-26-23-20-17-14-11-8-5-2/h8,11,17,20,22,25-26,29,31,33-34,36-37,39,44,47,71H,4-7,9-10,12-16,18-19,21,23-24,27-28,30,32,35,38,40-43,45-46,48-70H2,1-3H3/b11-8-,20-17-,25-22-,29-26-,33-31-,37-36-,39-34-,47-44-. The predicted octanol–water partition coefficient (Wildman–Crippen LogP) is 23.6. The molecule has 0 spiro atoms. The molecule has 0 saturated carbocycles. The molecule has 0 radical (unpaired) electrons. The quantitative estimate of drug-likeness (QED) is 0.0261. The molecule has 460 valence electrons. The number of carbonyl (C=O) groups excluding carboxylic acids is 3. The van der Waals surface area contributed by atoms with Gasteiger partial charge in [0.2, 0.25) is 0 Å². The van der Waals surface area contributed by atoms with E-state index in [2.05, 4.69) is 118 Å². The largest absolute Gasteiger partial charge is 0.462 e. The second kappa shape index (κ2) is 67.8. The van der Waals surface area contributed by atoms with Crippen molar-refractivity contribution in [2.75, 3.05) is 13.2 Å². The molecule has 1 unspecified atom stereocenters. The van der Waals surface area contributed by atoms with Crippen LogP contribution in [-0.4, -0.2) is 37.2 Å². The van der Waals surface area contributed by atoms with E-state index in [1.165, 1.54) is 173 Å². The van der Waals surface area contributed by atoms with Gasteiger partial charge in [0, 0.05) is 19.3 Å². The Labute approximate surface area is 496 Å². The highest BCUT2D eigenvalue weighted by Crippen LogP contribution is 2.17. The fraction of sp³-hybridized carbons (Fsp3) is 0.743. The Kier molecular flexibility index (Phi) is 64.7. The van der Waals surface area contributed by atoms with Crippen LogP contribution >= 0.6 is 0 Å². The SMILES string of the molecule is CC/C=C\C/C=C\C/C=C\C/C=C\C/C=C\CCCCCCCC(=O)OC(COC(=O)CCCCCCCCCCCC/C=C\C/C=C\C/C=C\CCCCCCC)COC(=O)CCCCCCCCCCCCCCCCCC. The topological polar surface area (TPSA) is 78.9 Å².